The maximum atomic E-state index is 6.57. The number of hydrogen-bond acceptors (Lipinski definition) is 5. The lowest BCUT2D eigenvalue weighted by Crippen LogP contribution is -2.50. The lowest BCUT2D eigenvalue weighted by atomic mass is 9.81. The van der Waals surface area contributed by atoms with E-state index in [2.05, 4.69) is 65.3 Å². The highest BCUT2D eigenvalue weighted by molar-refractivity contribution is 5.35. The Morgan fingerprint density at radius 1 is 1.18 bits per heavy atom. The van der Waals surface area contributed by atoms with Crippen LogP contribution in [0.5, 0.6) is 5.75 Å². The van der Waals surface area contributed by atoms with Gasteiger partial charge in [-0.3, -0.25) is 4.90 Å². The largest absolute Gasteiger partial charge is 0.486 e. The molecule has 1 aliphatic heterocycles. The van der Waals surface area contributed by atoms with Crippen molar-refractivity contribution in [1.82, 2.24) is 20.2 Å². The normalized spacial score (nSPS) is 24.8. The van der Waals surface area contributed by atoms with Crippen LogP contribution in [0.25, 0.3) is 0 Å². The Labute approximate surface area is 168 Å². The molecule has 1 aromatic heterocycles. The molecule has 0 amide bonds. The van der Waals surface area contributed by atoms with Crippen LogP contribution in [0.1, 0.15) is 62.4 Å². The van der Waals surface area contributed by atoms with E-state index in [1.165, 1.54) is 11.1 Å². The van der Waals surface area contributed by atoms with E-state index >= 15 is 0 Å². The minimum atomic E-state index is -0.0635. The summed E-state index contributed by atoms with van der Waals surface area (Å²) in [7, 11) is 2.22. The van der Waals surface area contributed by atoms with E-state index < -0.39 is 0 Å². The van der Waals surface area contributed by atoms with Gasteiger partial charge in [-0.2, -0.15) is 0 Å². The Morgan fingerprint density at radius 2 is 1.89 bits per heavy atom. The SMILES string of the molecule is CC(C)c1ncc(CN(C)C2CCC3(CC2)CNCc2ccccc2O3)cn1. The predicted molar refractivity (Wildman–Crippen MR) is 111 cm³/mol. The average molecular weight is 381 g/mol. The standard InChI is InChI=1S/C23H32N4O/c1-17(2)22-25-12-18(13-26-22)15-27(3)20-8-10-23(11-9-20)16-24-14-19-6-4-5-7-21(19)28-23/h4-7,12-13,17,20,24H,8-11,14-16H2,1-3H3. The first kappa shape index (κ1) is 19.3. The summed E-state index contributed by atoms with van der Waals surface area (Å²) in [5, 5.41) is 3.61. The van der Waals surface area contributed by atoms with Gasteiger partial charge in [0.25, 0.3) is 0 Å². The summed E-state index contributed by atoms with van der Waals surface area (Å²) < 4.78 is 6.57. The van der Waals surface area contributed by atoms with Gasteiger partial charge in [-0.05, 0) is 38.8 Å². The molecule has 1 spiro atoms. The van der Waals surface area contributed by atoms with Crippen LogP contribution in [0, 0.1) is 0 Å². The number of nitrogens with one attached hydrogen (secondary N) is 1. The Hall–Kier alpha value is -1.98. The maximum absolute atomic E-state index is 6.57. The molecule has 2 aliphatic rings. The third-order valence-electron chi connectivity index (χ3n) is 6.23. The monoisotopic (exact) mass is 380 g/mol. The Kier molecular flexibility index (Phi) is 5.65. The predicted octanol–water partition coefficient (Wildman–Crippen LogP) is 3.90. The van der Waals surface area contributed by atoms with Crippen LogP contribution in [-0.4, -0.2) is 40.1 Å². The third-order valence-corrected chi connectivity index (χ3v) is 6.23. The molecule has 0 unspecified atom stereocenters. The number of benzene rings is 1. The fourth-order valence-corrected chi connectivity index (χ4v) is 4.45. The Morgan fingerprint density at radius 3 is 2.61 bits per heavy atom. The number of para-hydroxylation sites is 1. The highest BCUT2D eigenvalue weighted by Crippen LogP contribution is 2.37. The van der Waals surface area contributed by atoms with Crippen LogP contribution in [0.15, 0.2) is 36.7 Å². The molecule has 5 heteroatoms. The highest BCUT2D eigenvalue weighted by Gasteiger charge is 2.39. The molecule has 1 N–H and O–H groups in total. The number of aromatic nitrogens is 2. The zero-order valence-electron chi connectivity index (χ0n) is 17.3. The Balaban J connectivity index is 1.36. The minimum Gasteiger partial charge on any atom is -0.486 e. The van der Waals surface area contributed by atoms with Crippen LogP contribution in [-0.2, 0) is 13.1 Å². The minimum absolute atomic E-state index is 0.0635. The number of fused-ring (bicyclic) bond motifs is 1. The van der Waals surface area contributed by atoms with Crippen LogP contribution in [0.3, 0.4) is 0 Å². The van der Waals surface area contributed by atoms with E-state index in [1.807, 2.05) is 12.4 Å². The van der Waals surface area contributed by atoms with Gasteiger partial charge in [0.15, 0.2) is 0 Å². The molecule has 1 saturated carbocycles. The molecule has 0 atom stereocenters. The first-order valence-corrected chi connectivity index (χ1v) is 10.5. The molecule has 0 bridgehead atoms. The van der Waals surface area contributed by atoms with Crippen LogP contribution < -0.4 is 10.1 Å². The maximum Gasteiger partial charge on any atom is 0.130 e. The summed E-state index contributed by atoms with van der Waals surface area (Å²) in [5.74, 6) is 2.35. The average Bonchev–Trinajstić information content (AvgIpc) is 2.88. The van der Waals surface area contributed by atoms with Gasteiger partial charge in [-0.15, -0.1) is 0 Å². The fourth-order valence-electron chi connectivity index (χ4n) is 4.45. The first-order chi connectivity index (χ1) is 13.5. The van der Waals surface area contributed by atoms with Gasteiger partial charge in [0.2, 0.25) is 0 Å². The summed E-state index contributed by atoms with van der Waals surface area (Å²) in [6, 6.07) is 9.02. The zero-order valence-corrected chi connectivity index (χ0v) is 17.3. The van der Waals surface area contributed by atoms with Crippen molar-refractivity contribution in [2.75, 3.05) is 13.6 Å². The molecule has 1 aliphatic carbocycles. The fraction of sp³-hybridized carbons (Fsp3) is 0.565. The van der Waals surface area contributed by atoms with Crippen molar-refractivity contribution in [3.05, 3.63) is 53.6 Å². The van der Waals surface area contributed by atoms with Gasteiger partial charge in [-0.1, -0.05) is 32.0 Å². The second-order valence-corrected chi connectivity index (χ2v) is 8.75. The highest BCUT2D eigenvalue weighted by atomic mass is 16.5. The lowest BCUT2D eigenvalue weighted by molar-refractivity contribution is 0.00870. The van der Waals surface area contributed by atoms with E-state index in [0.29, 0.717) is 12.0 Å². The molecule has 1 aromatic carbocycles. The summed E-state index contributed by atoms with van der Waals surface area (Å²) in [6.07, 6.45) is 8.46. The molecule has 28 heavy (non-hydrogen) atoms. The van der Waals surface area contributed by atoms with Crippen LogP contribution >= 0.6 is 0 Å². The molecule has 0 radical (unpaired) electrons. The van der Waals surface area contributed by atoms with Crippen molar-refractivity contribution >= 4 is 0 Å². The topological polar surface area (TPSA) is 50.3 Å². The molecular formula is C23H32N4O. The van der Waals surface area contributed by atoms with Crippen molar-refractivity contribution in [1.29, 1.82) is 0 Å². The Bertz CT molecular complexity index is 781. The summed E-state index contributed by atoms with van der Waals surface area (Å²) in [5.41, 5.74) is 2.39. The van der Waals surface area contributed by atoms with E-state index in [9.17, 15) is 0 Å². The number of ether oxygens (including phenoxy) is 1. The van der Waals surface area contributed by atoms with Gasteiger partial charge in [-0.25, -0.2) is 9.97 Å². The number of rotatable bonds is 4. The van der Waals surface area contributed by atoms with E-state index in [-0.39, 0.29) is 5.60 Å². The molecule has 0 saturated heterocycles. The number of hydrogen-bond donors (Lipinski definition) is 1. The van der Waals surface area contributed by atoms with Crippen LogP contribution in [0.2, 0.25) is 0 Å². The van der Waals surface area contributed by atoms with E-state index in [0.717, 1.165) is 56.9 Å². The molecule has 1 fully saturated rings. The van der Waals surface area contributed by atoms with Gasteiger partial charge < -0.3 is 10.1 Å². The smallest absolute Gasteiger partial charge is 0.130 e. The van der Waals surface area contributed by atoms with Crippen molar-refractivity contribution in [3.8, 4) is 5.75 Å². The molecular weight excluding hydrogens is 348 g/mol. The quantitative estimate of drug-likeness (QED) is 0.872. The van der Waals surface area contributed by atoms with Gasteiger partial charge >= 0.3 is 0 Å². The van der Waals surface area contributed by atoms with Crippen molar-refractivity contribution in [3.63, 3.8) is 0 Å². The second-order valence-electron chi connectivity index (χ2n) is 8.75. The molecule has 2 aromatic rings. The lowest BCUT2D eigenvalue weighted by Gasteiger charge is -2.42. The van der Waals surface area contributed by atoms with Crippen LogP contribution in [0.4, 0.5) is 0 Å². The van der Waals surface area contributed by atoms with E-state index in [4.69, 9.17) is 4.74 Å². The number of nitrogens with zero attached hydrogens (tertiary/aromatic N) is 3. The zero-order chi connectivity index (χ0) is 19.6. The van der Waals surface area contributed by atoms with E-state index in [1.54, 1.807) is 0 Å². The molecule has 150 valence electrons. The second kappa shape index (κ2) is 8.18. The van der Waals surface area contributed by atoms with Gasteiger partial charge in [0.1, 0.15) is 17.2 Å². The molecule has 5 nitrogen and oxygen atoms in total. The van der Waals surface area contributed by atoms with Crippen molar-refractivity contribution < 1.29 is 4.74 Å². The van der Waals surface area contributed by atoms with Gasteiger partial charge in [0.05, 0.1) is 0 Å². The third kappa shape index (κ3) is 4.20. The summed E-state index contributed by atoms with van der Waals surface area (Å²) in [4.78, 5) is 11.5. The summed E-state index contributed by atoms with van der Waals surface area (Å²) in [6.45, 7) is 6.98. The van der Waals surface area contributed by atoms with Crippen molar-refractivity contribution in [2.24, 2.45) is 0 Å². The first-order valence-electron chi connectivity index (χ1n) is 10.5. The summed E-state index contributed by atoms with van der Waals surface area (Å²) >= 11 is 0. The van der Waals surface area contributed by atoms with Gasteiger partial charge in [0, 0.05) is 55.1 Å². The molecule has 4 rings (SSSR count). The molecule has 2 heterocycles. The van der Waals surface area contributed by atoms with Crippen molar-refractivity contribution in [2.45, 2.75) is 70.2 Å².